The molecule has 1 aromatic heterocycles. The quantitative estimate of drug-likeness (QED) is 0.664. The van der Waals surface area contributed by atoms with Crippen LogP contribution in [0.15, 0.2) is 0 Å². The number of rotatable bonds is 0. The molecule has 0 aliphatic heterocycles. The Morgan fingerprint density at radius 2 is 1.20 bits per heavy atom. The van der Waals surface area contributed by atoms with Gasteiger partial charge in [-0.05, 0) is 0 Å². The van der Waals surface area contributed by atoms with Crippen molar-refractivity contribution in [1.29, 1.82) is 26.3 Å². The number of nitrogens with zero attached hydrogens (tertiary/aromatic N) is 6. The Bertz CT molecular complexity index is 850. The van der Waals surface area contributed by atoms with Crippen molar-refractivity contribution in [3.05, 3.63) is 28.1 Å². The van der Waals surface area contributed by atoms with E-state index in [0.717, 1.165) is 0 Å². The van der Waals surface area contributed by atoms with Crippen LogP contribution < -0.4 is 0 Å². The van der Waals surface area contributed by atoms with Crippen LogP contribution in [0.25, 0.3) is 11.0 Å². The summed E-state index contributed by atoms with van der Waals surface area (Å²) >= 11 is 0. The molecule has 7 nitrogen and oxygen atoms in total. The van der Waals surface area contributed by atoms with Gasteiger partial charge in [-0.15, -0.1) is 0 Å². The number of H-pyrrole nitrogens is 1. The summed E-state index contributed by atoms with van der Waals surface area (Å²) in [5.41, 5.74) is -0.447. The van der Waals surface area contributed by atoms with Crippen molar-refractivity contribution in [3.8, 4) is 30.3 Å². The van der Waals surface area contributed by atoms with E-state index in [9.17, 15) is 0 Å². The molecule has 0 aliphatic rings. The first-order chi connectivity index (χ1) is 9.21. The summed E-state index contributed by atoms with van der Waals surface area (Å²) in [4.78, 5) is 6.40. The molecule has 2 rings (SSSR count). The van der Waals surface area contributed by atoms with Crippen LogP contribution in [0.1, 0.15) is 28.1 Å². The summed E-state index contributed by atoms with van der Waals surface area (Å²) in [6.07, 6.45) is 0. The first-order valence-corrected chi connectivity index (χ1v) is 4.82. The van der Waals surface area contributed by atoms with Crippen LogP contribution in [-0.4, -0.2) is 28.8 Å². The zero-order chi connectivity index (χ0) is 14.0. The summed E-state index contributed by atoms with van der Waals surface area (Å²) in [5.74, 6) is -0.0954. The molecule has 0 saturated heterocycles. The first kappa shape index (κ1) is 14.8. The molecule has 2 aromatic rings. The van der Waals surface area contributed by atoms with Gasteiger partial charge in [0, 0.05) is 0 Å². The number of aromatic nitrogens is 2. The number of imidazole rings is 1. The van der Waals surface area contributed by atoms with Crippen molar-refractivity contribution in [1.82, 2.24) is 9.97 Å². The van der Waals surface area contributed by atoms with Gasteiger partial charge in [-0.2, -0.15) is 26.3 Å². The normalized spacial score (nSPS) is 8.35. The number of aromatic amines is 1. The van der Waals surface area contributed by atoms with E-state index in [1.54, 1.807) is 30.3 Å². The van der Waals surface area contributed by atoms with Gasteiger partial charge in [0.1, 0.15) is 35.9 Å². The topological polar surface area (TPSA) is 148 Å². The van der Waals surface area contributed by atoms with E-state index in [1.165, 1.54) is 0 Å². The molecule has 0 spiro atoms. The minimum absolute atomic E-state index is 0. The second-order valence-electron chi connectivity index (χ2n) is 3.37. The molecule has 1 aromatic carbocycles. The molecular weight excluding hydrogens is 249 g/mol. The Kier molecular flexibility index (Phi) is 4.13. The zero-order valence-electron chi connectivity index (χ0n) is 9.18. The van der Waals surface area contributed by atoms with Crippen molar-refractivity contribution in [2.45, 2.75) is 0 Å². The Morgan fingerprint density at radius 1 is 0.700 bits per heavy atom. The van der Waals surface area contributed by atoms with Gasteiger partial charge in [0.2, 0.25) is 5.82 Å². The third-order valence-electron chi connectivity index (χ3n) is 2.49. The van der Waals surface area contributed by atoms with Gasteiger partial charge in [0.15, 0.2) is 0 Å². The Balaban J connectivity index is 0.00000200. The van der Waals surface area contributed by atoms with Crippen LogP contribution in [0.3, 0.4) is 0 Å². The Hall–Kier alpha value is -3.26. The monoisotopic (exact) mass is 251 g/mol. The molecule has 0 unspecified atom stereocenters. The van der Waals surface area contributed by atoms with Crippen LogP contribution in [0.2, 0.25) is 0 Å². The Labute approximate surface area is 125 Å². The predicted octanol–water partition coefficient (Wildman–Crippen LogP) is 0.273. The van der Waals surface area contributed by atoms with Gasteiger partial charge in [0.05, 0.1) is 27.8 Å². The van der Waals surface area contributed by atoms with Gasteiger partial charge in [-0.25, -0.2) is 4.98 Å². The van der Waals surface area contributed by atoms with Crippen LogP contribution in [0, 0.1) is 56.7 Å². The summed E-state index contributed by atoms with van der Waals surface area (Å²) in [7, 11) is 0. The summed E-state index contributed by atoms with van der Waals surface area (Å²) < 4.78 is 0. The van der Waals surface area contributed by atoms with Crippen molar-refractivity contribution in [2.75, 3.05) is 0 Å². The molecule has 1 heterocycles. The third kappa shape index (κ3) is 1.85. The van der Waals surface area contributed by atoms with Gasteiger partial charge in [-0.3, -0.25) is 0 Å². The molecular formula is C12H2LiN7. The first-order valence-electron chi connectivity index (χ1n) is 4.82. The standard InChI is InChI=1S/C12HN7.Li.H/c13-1-6-7(2-14)9(4-16)12-11(8(6)3-15)18-10(5-17)19-12;;/h(H,18,19);;. The molecule has 0 fully saturated rings. The van der Waals surface area contributed by atoms with E-state index >= 15 is 0 Å². The molecule has 86 valence electrons. The van der Waals surface area contributed by atoms with Crippen LogP contribution >= 0.6 is 0 Å². The van der Waals surface area contributed by atoms with Crippen molar-refractivity contribution in [3.63, 3.8) is 0 Å². The van der Waals surface area contributed by atoms with Crippen molar-refractivity contribution >= 4 is 29.9 Å². The van der Waals surface area contributed by atoms with Crippen LogP contribution in [0.5, 0.6) is 0 Å². The van der Waals surface area contributed by atoms with E-state index in [2.05, 4.69) is 9.97 Å². The SMILES string of the molecule is N#Cc1nc2c(C#N)c(C#N)c(C#N)c(C#N)c2[nH]1.[LiH]. The molecule has 0 amide bonds. The number of nitrogens with one attached hydrogen (secondary N) is 1. The number of hydrogen-bond donors (Lipinski definition) is 1. The summed E-state index contributed by atoms with van der Waals surface area (Å²) in [6.45, 7) is 0. The van der Waals surface area contributed by atoms with E-state index in [-0.39, 0.29) is 58.0 Å². The summed E-state index contributed by atoms with van der Waals surface area (Å²) in [6, 6.07) is 8.77. The van der Waals surface area contributed by atoms with Crippen LogP contribution in [-0.2, 0) is 0 Å². The van der Waals surface area contributed by atoms with E-state index in [0.29, 0.717) is 0 Å². The van der Waals surface area contributed by atoms with Gasteiger partial charge in [0.25, 0.3) is 0 Å². The summed E-state index contributed by atoms with van der Waals surface area (Å²) in [5, 5.41) is 45.0. The fourth-order valence-corrected chi connectivity index (χ4v) is 1.73. The molecule has 0 atom stereocenters. The average molecular weight is 251 g/mol. The average Bonchev–Trinajstić information content (AvgIpc) is 2.87. The minimum atomic E-state index is -0.204. The Morgan fingerprint density at radius 3 is 1.65 bits per heavy atom. The molecule has 0 saturated carbocycles. The van der Waals surface area contributed by atoms with Gasteiger partial charge < -0.3 is 4.98 Å². The maximum absolute atomic E-state index is 9.09. The second-order valence-corrected chi connectivity index (χ2v) is 3.37. The third-order valence-corrected chi connectivity index (χ3v) is 2.49. The molecule has 20 heavy (non-hydrogen) atoms. The van der Waals surface area contributed by atoms with Crippen LogP contribution in [0.4, 0.5) is 0 Å². The van der Waals surface area contributed by atoms with Gasteiger partial charge >= 0.3 is 18.9 Å². The van der Waals surface area contributed by atoms with E-state index in [1.807, 2.05) is 0 Å². The van der Waals surface area contributed by atoms with Crippen molar-refractivity contribution < 1.29 is 0 Å². The van der Waals surface area contributed by atoms with Gasteiger partial charge in [-0.1, -0.05) is 0 Å². The molecule has 0 bridgehead atoms. The second kappa shape index (κ2) is 5.59. The molecule has 8 heteroatoms. The number of hydrogen-bond acceptors (Lipinski definition) is 6. The molecule has 0 radical (unpaired) electrons. The number of nitriles is 5. The number of fused-ring (bicyclic) bond motifs is 1. The zero-order valence-corrected chi connectivity index (χ0v) is 9.18. The van der Waals surface area contributed by atoms with E-state index in [4.69, 9.17) is 26.3 Å². The molecule has 0 aliphatic carbocycles. The van der Waals surface area contributed by atoms with Crippen molar-refractivity contribution in [2.24, 2.45) is 0 Å². The fraction of sp³-hybridized carbons (Fsp3) is 0. The van der Waals surface area contributed by atoms with E-state index < -0.39 is 0 Å². The fourth-order valence-electron chi connectivity index (χ4n) is 1.73. The molecule has 1 N–H and O–H groups in total. The predicted molar refractivity (Wildman–Crippen MR) is 66.8 cm³/mol. The number of benzene rings is 1. The maximum atomic E-state index is 9.09.